The van der Waals surface area contributed by atoms with Crippen LogP contribution in [0.4, 0.5) is 0 Å². The Balaban J connectivity index is 2.11. The Morgan fingerprint density at radius 1 is 1.17 bits per heavy atom. The molecule has 0 unspecified atom stereocenters. The van der Waals surface area contributed by atoms with Crippen molar-refractivity contribution in [2.75, 3.05) is 13.7 Å². The van der Waals surface area contributed by atoms with Gasteiger partial charge in [0.05, 0.1) is 25.0 Å². The molecule has 7 nitrogen and oxygen atoms in total. The minimum absolute atomic E-state index is 0.222. The molecular formula is C22H25NO6. The maximum Gasteiger partial charge on any atom is 0.340 e. The highest BCUT2D eigenvalue weighted by molar-refractivity contribution is 6.04. The van der Waals surface area contributed by atoms with Gasteiger partial charge >= 0.3 is 11.9 Å². The van der Waals surface area contributed by atoms with Crippen molar-refractivity contribution in [3.8, 4) is 5.75 Å². The first kappa shape index (κ1) is 21.9. The first-order valence-electron chi connectivity index (χ1n) is 9.22. The summed E-state index contributed by atoms with van der Waals surface area (Å²) in [5.74, 6) is -0.977. The molecule has 0 saturated heterocycles. The average molecular weight is 399 g/mol. The fraction of sp³-hybridized carbons (Fsp3) is 0.318. The molecule has 0 amide bonds. The van der Waals surface area contributed by atoms with Gasteiger partial charge in [-0.2, -0.15) is 0 Å². The average Bonchev–Trinajstić information content (AvgIpc) is 3.00. The number of carbonyl (C=O) groups excluding carboxylic acids is 3. The lowest BCUT2D eigenvalue weighted by Gasteiger charge is -2.11. The molecule has 0 saturated carbocycles. The van der Waals surface area contributed by atoms with E-state index < -0.39 is 23.8 Å². The summed E-state index contributed by atoms with van der Waals surface area (Å²) in [6.45, 7) is 6.76. The molecule has 0 aliphatic rings. The Morgan fingerprint density at radius 3 is 2.52 bits per heavy atom. The Hall–Kier alpha value is -3.35. The minimum atomic E-state index is -1.03. The van der Waals surface area contributed by atoms with Gasteiger partial charge in [-0.3, -0.25) is 4.79 Å². The van der Waals surface area contributed by atoms with E-state index in [1.54, 1.807) is 39.0 Å². The van der Waals surface area contributed by atoms with E-state index in [0.717, 1.165) is 0 Å². The van der Waals surface area contributed by atoms with Crippen LogP contribution in [0.5, 0.6) is 5.75 Å². The fourth-order valence-electron chi connectivity index (χ4n) is 2.94. The SMILES string of the molecule is CCOC(=O)c1c(C)[nH]c(C(=O)[C@H](C)OC(=O)/C=C/c2ccccc2OC)c1C. The monoisotopic (exact) mass is 399 g/mol. The number of para-hydroxylation sites is 1. The number of methoxy groups -OCH3 is 1. The number of aromatic nitrogens is 1. The first-order valence-corrected chi connectivity index (χ1v) is 9.22. The molecule has 7 heteroatoms. The normalized spacial score (nSPS) is 11.9. The number of H-pyrrole nitrogens is 1. The van der Waals surface area contributed by atoms with Crippen LogP contribution >= 0.6 is 0 Å². The lowest BCUT2D eigenvalue weighted by molar-refractivity contribution is -0.140. The molecule has 0 radical (unpaired) electrons. The summed E-state index contributed by atoms with van der Waals surface area (Å²) in [6.07, 6.45) is 1.76. The van der Waals surface area contributed by atoms with Crippen LogP contribution in [0.15, 0.2) is 30.3 Å². The summed E-state index contributed by atoms with van der Waals surface area (Å²) in [5, 5.41) is 0. The van der Waals surface area contributed by atoms with Crippen molar-refractivity contribution >= 4 is 23.8 Å². The number of aromatic amines is 1. The number of ketones is 1. The smallest absolute Gasteiger partial charge is 0.340 e. The zero-order valence-corrected chi connectivity index (χ0v) is 17.2. The van der Waals surface area contributed by atoms with Gasteiger partial charge in [-0.1, -0.05) is 18.2 Å². The molecule has 0 fully saturated rings. The molecule has 0 aliphatic carbocycles. The Morgan fingerprint density at radius 2 is 1.86 bits per heavy atom. The van der Waals surface area contributed by atoms with E-state index >= 15 is 0 Å². The van der Waals surface area contributed by atoms with Gasteiger partial charge in [0.15, 0.2) is 6.10 Å². The van der Waals surface area contributed by atoms with Crippen molar-refractivity contribution in [3.63, 3.8) is 0 Å². The lowest BCUT2D eigenvalue weighted by Crippen LogP contribution is -2.24. The lowest BCUT2D eigenvalue weighted by atomic mass is 10.1. The molecule has 1 N–H and O–H groups in total. The van der Waals surface area contributed by atoms with E-state index in [4.69, 9.17) is 14.2 Å². The van der Waals surface area contributed by atoms with Gasteiger partial charge in [0.25, 0.3) is 0 Å². The number of Topliss-reactive ketones (excluding diaryl/α,β-unsaturated/α-hetero) is 1. The maximum absolute atomic E-state index is 12.7. The van der Waals surface area contributed by atoms with Crippen LogP contribution < -0.4 is 4.74 Å². The van der Waals surface area contributed by atoms with E-state index in [2.05, 4.69) is 4.98 Å². The number of carbonyl (C=O) groups is 3. The summed E-state index contributed by atoms with van der Waals surface area (Å²) in [4.78, 5) is 39.8. The summed E-state index contributed by atoms with van der Waals surface area (Å²) in [7, 11) is 1.54. The molecule has 1 aromatic heterocycles. The van der Waals surface area contributed by atoms with Crippen LogP contribution in [0.1, 0.15) is 51.5 Å². The largest absolute Gasteiger partial charge is 0.496 e. The van der Waals surface area contributed by atoms with Crippen molar-refractivity contribution in [2.45, 2.75) is 33.8 Å². The Bertz CT molecular complexity index is 941. The molecule has 0 spiro atoms. The van der Waals surface area contributed by atoms with Gasteiger partial charge in [-0.05, 0) is 45.4 Å². The molecule has 2 aromatic rings. The summed E-state index contributed by atoms with van der Waals surface area (Å²) < 4.78 is 15.5. The van der Waals surface area contributed by atoms with Crippen LogP contribution in [0.25, 0.3) is 6.08 Å². The van der Waals surface area contributed by atoms with Crippen LogP contribution in [-0.2, 0) is 14.3 Å². The van der Waals surface area contributed by atoms with Gasteiger partial charge < -0.3 is 19.2 Å². The molecule has 0 aliphatic heterocycles. The van der Waals surface area contributed by atoms with Gasteiger partial charge in [0.1, 0.15) is 5.75 Å². The van der Waals surface area contributed by atoms with E-state index in [9.17, 15) is 14.4 Å². The Labute approximate surface area is 169 Å². The highest BCUT2D eigenvalue weighted by Crippen LogP contribution is 2.21. The number of hydrogen-bond acceptors (Lipinski definition) is 6. The third kappa shape index (κ3) is 5.13. The second-order valence-electron chi connectivity index (χ2n) is 6.36. The number of benzene rings is 1. The predicted molar refractivity (Wildman–Crippen MR) is 108 cm³/mol. The molecule has 2 rings (SSSR count). The van der Waals surface area contributed by atoms with Crippen molar-refractivity contribution in [2.24, 2.45) is 0 Å². The number of nitrogens with one attached hydrogen (secondary N) is 1. The molecular weight excluding hydrogens is 374 g/mol. The van der Waals surface area contributed by atoms with Crippen molar-refractivity contribution < 1.29 is 28.6 Å². The van der Waals surface area contributed by atoms with E-state index in [0.29, 0.717) is 28.1 Å². The number of rotatable bonds is 8. The molecule has 1 heterocycles. The second-order valence-corrected chi connectivity index (χ2v) is 6.36. The highest BCUT2D eigenvalue weighted by atomic mass is 16.5. The van der Waals surface area contributed by atoms with Gasteiger partial charge in [0.2, 0.25) is 5.78 Å². The third-order valence-electron chi connectivity index (χ3n) is 4.36. The van der Waals surface area contributed by atoms with Crippen molar-refractivity contribution in [1.29, 1.82) is 0 Å². The van der Waals surface area contributed by atoms with Crippen LogP contribution in [0.2, 0.25) is 0 Å². The topological polar surface area (TPSA) is 94.7 Å². The Kier molecular flexibility index (Phi) is 7.36. The zero-order chi connectivity index (χ0) is 21.6. The standard InChI is InChI=1S/C22H25NO6/c1-6-28-22(26)19-13(2)20(23-14(19)3)21(25)15(4)29-18(24)12-11-16-9-7-8-10-17(16)27-5/h7-12,15,23H,6H2,1-5H3/b12-11+/t15-/m0/s1. The summed E-state index contributed by atoms with van der Waals surface area (Å²) in [5.41, 5.74) is 2.25. The van der Waals surface area contributed by atoms with Crippen LogP contribution in [0.3, 0.4) is 0 Å². The quantitative estimate of drug-likeness (QED) is 0.414. The summed E-state index contributed by atoms with van der Waals surface area (Å²) >= 11 is 0. The fourth-order valence-corrected chi connectivity index (χ4v) is 2.94. The summed E-state index contributed by atoms with van der Waals surface area (Å²) in [6, 6.07) is 7.20. The maximum atomic E-state index is 12.7. The van der Waals surface area contributed by atoms with Crippen LogP contribution in [0, 0.1) is 13.8 Å². The molecule has 0 bridgehead atoms. The molecule has 154 valence electrons. The van der Waals surface area contributed by atoms with Crippen LogP contribution in [-0.4, -0.2) is 42.5 Å². The van der Waals surface area contributed by atoms with Gasteiger partial charge in [-0.15, -0.1) is 0 Å². The van der Waals surface area contributed by atoms with Gasteiger partial charge in [-0.25, -0.2) is 9.59 Å². The second kappa shape index (κ2) is 9.73. The number of hydrogen-bond donors (Lipinski definition) is 1. The first-order chi connectivity index (χ1) is 13.8. The van der Waals surface area contributed by atoms with Crippen molar-refractivity contribution in [1.82, 2.24) is 4.98 Å². The molecule has 29 heavy (non-hydrogen) atoms. The predicted octanol–water partition coefficient (Wildman–Crippen LogP) is 3.64. The van der Waals surface area contributed by atoms with E-state index in [1.165, 1.54) is 20.1 Å². The zero-order valence-electron chi connectivity index (χ0n) is 17.2. The highest BCUT2D eigenvalue weighted by Gasteiger charge is 2.27. The molecule has 1 atom stereocenters. The number of aryl methyl sites for hydroxylation is 1. The molecule has 1 aromatic carbocycles. The van der Waals surface area contributed by atoms with Crippen molar-refractivity contribution in [3.05, 3.63) is 58.4 Å². The minimum Gasteiger partial charge on any atom is -0.496 e. The number of ether oxygens (including phenoxy) is 3. The van der Waals surface area contributed by atoms with E-state index in [1.807, 2.05) is 12.1 Å². The van der Waals surface area contributed by atoms with Gasteiger partial charge in [0, 0.05) is 17.3 Å². The third-order valence-corrected chi connectivity index (χ3v) is 4.36. The van der Waals surface area contributed by atoms with E-state index in [-0.39, 0.29) is 12.3 Å². The number of esters is 2.